The number of halogens is 1. The third kappa shape index (κ3) is 6.86. The van der Waals surface area contributed by atoms with Gasteiger partial charge in [0.25, 0.3) is 0 Å². The fourth-order valence-corrected chi connectivity index (χ4v) is 3.79. The molecule has 5 nitrogen and oxygen atoms in total. The normalized spacial score (nSPS) is 14.3. The lowest BCUT2D eigenvalue weighted by molar-refractivity contribution is -0.126. The van der Waals surface area contributed by atoms with E-state index in [0.29, 0.717) is 49.2 Å². The van der Waals surface area contributed by atoms with Gasteiger partial charge in [-0.3, -0.25) is 9.59 Å². The molecule has 1 saturated heterocycles. The van der Waals surface area contributed by atoms with Crippen LogP contribution in [-0.2, 0) is 9.59 Å². The summed E-state index contributed by atoms with van der Waals surface area (Å²) < 4.78 is 0. The lowest BCUT2D eigenvalue weighted by atomic mass is 10.1. The molecule has 1 heterocycles. The van der Waals surface area contributed by atoms with E-state index in [1.165, 1.54) is 0 Å². The second-order valence-corrected chi connectivity index (χ2v) is 8.61. The van der Waals surface area contributed by atoms with Gasteiger partial charge in [0.05, 0.1) is 10.7 Å². The van der Waals surface area contributed by atoms with E-state index in [1.807, 2.05) is 53.4 Å². The Kier molecular flexibility index (Phi) is 8.13. The van der Waals surface area contributed by atoms with Crippen molar-refractivity contribution in [3.05, 3.63) is 65.2 Å². The van der Waals surface area contributed by atoms with Gasteiger partial charge in [-0.05, 0) is 42.2 Å². The molecule has 6 heteroatoms. The highest BCUT2D eigenvalue weighted by atomic mass is 35.5. The van der Waals surface area contributed by atoms with Crippen molar-refractivity contribution in [2.24, 2.45) is 5.92 Å². The molecular weight excluding hydrogens is 410 g/mol. The van der Waals surface area contributed by atoms with Crippen LogP contribution in [-0.4, -0.2) is 42.9 Å². The highest BCUT2D eigenvalue weighted by Crippen LogP contribution is 2.30. The largest absolute Gasteiger partial charge is 0.367 e. The summed E-state index contributed by atoms with van der Waals surface area (Å²) in [6, 6.07) is 15.4. The molecule has 164 valence electrons. The van der Waals surface area contributed by atoms with Crippen molar-refractivity contribution in [1.82, 2.24) is 4.90 Å². The number of nitrogens with zero attached hydrogens (tertiary/aromatic N) is 2. The molecular formula is C25H30ClN3O2. The zero-order valence-electron chi connectivity index (χ0n) is 18.2. The van der Waals surface area contributed by atoms with Gasteiger partial charge >= 0.3 is 0 Å². The Morgan fingerprint density at radius 1 is 1.06 bits per heavy atom. The van der Waals surface area contributed by atoms with Gasteiger partial charge in [-0.15, -0.1) is 0 Å². The fraction of sp³-hybridized carbons (Fsp3) is 0.360. The van der Waals surface area contributed by atoms with E-state index in [4.69, 9.17) is 11.6 Å². The molecule has 31 heavy (non-hydrogen) atoms. The molecule has 1 fully saturated rings. The Balaban J connectivity index is 1.52. The first-order valence-electron chi connectivity index (χ1n) is 10.8. The number of hydrogen-bond donors (Lipinski definition) is 1. The molecule has 0 bridgehead atoms. The van der Waals surface area contributed by atoms with Crippen LogP contribution in [0, 0.1) is 5.92 Å². The van der Waals surface area contributed by atoms with Crippen LogP contribution in [0.15, 0.2) is 54.6 Å². The van der Waals surface area contributed by atoms with Crippen molar-refractivity contribution in [3.63, 3.8) is 0 Å². The third-order valence-corrected chi connectivity index (χ3v) is 5.63. The van der Waals surface area contributed by atoms with E-state index in [0.717, 1.165) is 17.7 Å². The maximum absolute atomic E-state index is 12.5. The molecule has 0 spiro atoms. The predicted molar refractivity (Wildman–Crippen MR) is 128 cm³/mol. The lowest BCUT2D eigenvalue weighted by Crippen LogP contribution is -2.48. The van der Waals surface area contributed by atoms with E-state index in [1.54, 1.807) is 12.1 Å². The molecule has 3 rings (SSSR count). The topological polar surface area (TPSA) is 52.7 Å². The second kappa shape index (κ2) is 11.0. The van der Waals surface area contributed by atoms with Crippen LogP contribution >= 0.6 is 11.6 Å². The number of rotatable bonds is 7. The quantitative estimate of drug-likeness (QED) is 0.612. The summed E-state index contributed by atoms with van der Waals surface area (Å²) in [5.41, 5.74) is 2.65. The van der Waals surface area contributed by atoms with Gasteiger partial charge < -0.3 is 15.1 Å². The van der Waals surface area contributed by atoms with Gasteiger partial charge in [0.1, 0.15) is 0 Å². The van der Waals surface area contributed by atoms with Crippen molar-refractivity contribution in [1.29, 1.82) is 0 Å². The number of benzene rings is 2. The van der Waals surface area contributed by atoms with Crippen LogP contribution in [0.4, 0.5) is 11.4 Å². The second-order valence-electron chi connectivity index (χ2n) is 8.20. The lowest BCUT2D eigenvalue weighted by Gasteiger charge is -2.36. The molecule has 2 aromatic rings. The van der Waals surface area contributed by atoms with Gasteiger partial charge in [0.15, 0.2) is 0 Å². The first kappa shape index (κ1) is 22.9. The number of anilines is 2. The first-order valence-corrected chi connectivity index (χ1v) is 11.2. The minimum absolute atomic E-state index is 0.00759. The van der Waals surface area contributed by atoms with Crippen LogP contribution in [0.3, 0.4) is 0 Å². The van der Waals surface area contributed by atoms with E-state index in [9.17, 15) is 9.59 Å². The maximum atomic E-state index is 12.5. The highest BCUT2D eigenvalue weighted by Gasteiger charge is 2.21. The number of carbonyl (C=O) groups is 2. The summed E-state index contributed by atoms with van der Waals surface area (Å²) in [7, 11) is 0. The van der Waals surface area contributed by atoms with Crippen molar-refractivity contribution < 1.29 is 9.59 Å². The van der Waals surface area contributed by atoms with Gasteiger partial charge in [-0.2, -0.15) is 0 Å². The number of amides is 2. The third-order valence-electron chi connectivity index (χ3n) is 5.33. The van der Waals surface area contributed by atoms with Gasteiger partial charge in [0.2, 0.25) is 11.8 Å². The molecule has 1 aliphatic heterocycles. The Labute approximate surface area is 189 Å². The van der Waals surface area contributed by atoms with Crippen molar-refractivity contribution in [2.45, 2.75) is 26.7 Å². The molecule has 0 aliphatic carbocycles. The Bertz CT molecular complexity index is 920. The average molecular weight is 440 g/mol. The monoisotopic (exact) mass is 439 g/mol. The summed E-state index contributed by atoms with van der Waals surface area (Å²) in [5.74, 6) is 0.526. The van der Waals surface area contributed by atoms with Crippen molar-refractivity contribution in [3.8, 4) is 0 Å². The highest BCUT2D eigenvalue weighted by molar-refractivity contribution is 6.33. The van der Waals surface area contributed by atoms with Crippen LogP contribution < -0.4 is 10.2 Å². The van der Waals surface area contributed by atoms with Crippen LogP contribution in [0.5, 0.6) is 0 Å². The van der Waals surface area contributed by atoms with E-state index < -0.39 is 0 Å². The summed E-state index contributed by atoms with van der Waals surface area (Å²) in [5, 5.41) is 3.52. The molecule has 0 aromatic heterocycles. The van der Waals surface area contributed by atoms with Crippen LogP contribution in [0.25, 0.3) is 6.08 Å². The summed E-state index contributed by atoms with van der Waals surface area (Å²) in [4.78, 5) is 28.6. The average Bonchev–Trinajstić information content (AvgIpc) is 2.77. The number of carbonyl (C=O) groups excluding carboxylic acids is 2. The molecule has 0 radical (unpaired) electrons. The zero-order valence-corrected chi connectivity index (χ0v) is 18.9. The minimum Gasteiger partial charge on any atom is -0.367 e. The molecule has 2 amide bonds. The molecule has 0 atom stereocenters. The van der Waals surface area contributed by atoms with Crippen molar-refractivity contribution in [2.75, 3.05) is 36.4 Å². The summed E-state index contributed by atoms with van der Waals surface area (Å²) >= 11 is 6.51. The van der Waals surface area contributed by atoms with Crippen molar-refractivity contribution >= 4 is 40.9 Å². The number of hydrogen-bond acceptors (Lipinski definition) is 3. The SMILES string of the molecule is CC(C)CCC(=O)Nc1ccc(N2CCN(C(=O)/C=C/c3ccccc3)CC2)c(Cl)c1. The predicted octanol–water partition coefficient (Wildman–Crippen LogP) is 5.08. The van der Waals surface area contributed by atoms with E-state index in [2.05, 4.69) is 24.1 Å². The van der Waals surface area contributed by atoms with Gasteiger partial charge in [0, 0.05) is 44.4 Å². The summed E-state index contributed by atoms with van der Waals surface area (Å²) in [6.07, 6.45) is 4.85. The fourth-order valence-electron chi connectivity index (χ4n) is 3.49. The first-order chi connectivity index (χ1) is 14.9. The van der Waals surface area contributed by atoms with E-state index >= 15 is 0 Å². The molecule has 2 aromatic carbocycles. The van der Waals surface area contributed by atoms with Gasteiger partial charge in [-0.25, -0.2) is 0 Å². The molecule has 0 saturated carbocycles. The van der Waals surface area contributed by atoms with Crippen LogP contribution in [0.1, 0.15) is 32.3 Å². The molecule has 1 aliphatic rings. The number of piperazine rings is 1. The Morgan fingerprint density at radius 2 is 1.77 bits per heavy atom. The standard InChI is InChI=1S/C25H30ClN3O2/c1-19(2)8-12-24(30)27-21-10-11-23(22(26)18-21)28-14-16-29(17-15-28)25(31)13-9-20-6-4-3-5-7-20/h3-7,9-11,13,18-19H,8,12,14-17H2,1-2H3,(H,27,30)/b13-9+. The molecule has 0 unspecified atom stereocenters. The van der Waals surface area contributed by atoms with E-state index in [-0.39, 0.29) is 11.8 Å². The van der Waals surface area contributed by atoms with Crippen LogP contribution in [0.2, 0.25) is 5.02 Å². The maximum Gasteiger partial charge on any atom is 0.246 e. The van der Waals surface area contributed by atoms with Gasteiger partial charge in [-0.1, -0.05) is 55.8 Å². The smallest absolute Gasteiger partial charge is 0.246 e. The minimum atomic E-state index is 0.00759. The number of nitrogens with one attached hydrogen (secondary N) is 1. The Morgan fingerprint density at radius 3 is 2.42 bits per heavy atom. The summed E-state index contributed by atoms with van der Waals surface area (Å²) in [6.45, 7) is 6.91. The molecule has 1 N–H and O–H groups in total. The Hall–Kier alpha value is -2.79. The zero-order chi connectivity index (χ0) is 22.2.